The van der Waals surface area contributed by atoms with Gasteiger partial charge in [0.2, 0.25) is 0 Å². The fraction of sp³-hybridized carbons (Fsp3) is 0.417. The van der Waals surface area contributed by atoms with Gasteiger partial charge in [0.25, 0.3) is 10.0 Å². The third-order valence-corrected chi connectivity index (χ3v) is 4.73. The highest BCUT2D eigenvalue weighted by atomic mass is 35.5. The third kappa shape index (κ3) is 2.75. The number of amidine groups is 1. The smallest absolute Gasteiger partial charge is 0.263 e. The number of hydrogen-bond acceptors (Lipinski definition) is 4. The predicted octanol–water partition coefficient (Wildman–Crippen LogP) is 0.756. The van der Waals surface area contributed by atoms with Crippen molar-refractivity contribution in [3.8, 4) is 0 Å². The first-order valence-corrected chi connectivity index (χ1v) is 7.52. The van der Waals surface area contributed by atoms with Crippen LogP contribution in [-0.4, -0.2) is 33.9 Å². The van der Waals surface area contributed by atoms with Gasteiger partial charge < -0.3 is 5.32 Å². The van der Waals surface area contributed by atoms with Crippen LogP contribution < -0.4 is 10.0 Å². The van der Waals surface area contributed by atoms with Crippen LogP contribution in [-0.2, 0) is 10.0 Å². The molecule has 7 heteroatoms. The summed E-state index contributed by atoms with van der Waals surface area (Å²) in [5.41, 5.74) is 0.684. The van der Waals surface area contributed by atoms with Crippen LogP contribution >= 0.6 is 12.4 Å². The first kappa shape index (κ1) is 14.3. The van der Waals surface area contributed by atoms with E-state index in [0.29, 0.717) is 28.8 Å². The van der Waals surface area contributed by atoms with Gasteiger partial charge in [-0.15, -0.1) is 12.4 Å². The zero-order valence-electron chi connectivity index (χ0n) is 10.3. The van der Waals surface area contributed by atoms with Gasteiger partial charge in [-0.1, -0.05) is 12.1 Å². The first-order valence-electron chi connectivity index (χ1n) is 6.04. The van der Waals surface area contributed by atoms with Crippen LogP contribution in [0.25, 0.3) is 0 Å². The van der Waals surface area contributed by atoms with Gasteiger partial charge in [0.1, 0.15) is 5.84 Å². The zero-order chi connectivity index (χ0) is 12.6. The predicted molar refractivity (Wildman–Crippen MR) is 76.4 cm³/mol. The van der Waals surface area contributed by atoms with Gasteiger partial charge in [-0.05, 0) is 37.6 Å². The molecular formula is C12H16ClN3O2S. The average Bonchev–Trinajstić information content (AvgIpc) is 2.95. The Bertz CT molecular complexity index is 595. The lowest BCUT2D eigenvalue weighted by Gasteiger charge is -2.04. The summed E-state index contributed by atoms with van der Waals surface area (Å²) in [7, 11) is -3.40. The molecule has 2 heterocycles. The quantitative estimate of drug-likeness (QED) is 0.847. The molecule has 2 aliphatic rings. The Morgan fingerprint density at radius 2 is 2.11 bits per heavy atom. The monoisotopic (exact) mass is 301 g/mol. The Morgan fingerprint density at radius 1 is 1.32 bits per heavy atom. The van der Waals surface area contributed by atoms with E-state index in [0.717, 1.165) is 19.5 Å². The van der Waals surface area contributed by atoms with E-state index in [2.05, 4.69) is 15.0 Å². The van der Waals surface area contributed by atoms with Gasteiger partial charge in [-0.25, -0.2) is 8.42 Å². The van der Waals surface area contributed by atoms with E-state index in [-0.39, 0.29) is 12.4 Å². The average molecular weight is 302 g/mol. The summed E-state index contributed by atoms with van der Waals surface area (Å²) in [6, 6.07) is 6.95. The van der Waals surface area contributed by atoms with Gasteiger partial charge in [0.15, 0.2) is 0 Å². The molecule has 1 atom stereocenters. The number of sulfonamides is 1. The lowest BCUT2D eigenvalue weighted by atomic mass is 10.1. The van der Waals surface area contributed by atoms with E-state index in [1.165, 1.54) is 0 Å². The van der Waals surface area contributed by atoms with E-state index in [9.17, 15) is 8.42 Å². The number of fused-ring (bicyclic) bond motifs is 1. The number of nitrogens with zero attached hydrogens (tertiary/aromatic N) is 1. The van der Waals surface area contributed by atoms with Crippen LogP contribution in [0.2, 0.25) is 0 Å². The molecular weight excluding hydrogens is 286 g/mol. The number of nitrogens with one attached hydrogen (secondary N) is 2. The second-order valence-corrected chi connectivity index (χ2v) is 6.30. The fourth-order valence-electron chi connectivity index (χ4n) is 2.34. The number of hydrogen-bond donors (Lipinski definition) is 2. The molecule has 0 aromatic heterocycles. The van der Waals surface area contributed by atoms with Gasteiger partial charge in [0, 0.05) is 12.1 Å². The van der Waals surface area contributed by atoms with Crippen molar-refractivity contribution >= 4 is 28.3 Å². The van der Waals surface area contributed by atoms with Crippen LogP contribution in [0, 0.1) is 5.92 Å². The van der Waals surface area contributed by atoms with E-state index < -0.39 is 10.0 Å². The van der Waals surface area contributed by atoms with Crippen molar-refractivity contribution in [2.75, 3.05) is 19.6 Å². The van der Waals surface area contributed by atoms with Crippen LogP contribution in [0.1, 0.15) is 12.0 Å². The molecule has 1 aromatic rings. The maximum absolute atomic E-state index is 11.9. The lowest BCUT2D eigenvalue weighted by molar-refractivity contribution is 0.592. The van der Waals surface area contributed by atoms with Crippen LogP contribution in [0.4, 0.5) is 0 Å². The highest BCUT2D eigenvalue weighted by molar-refractivity contribution is 7.90. The zero-order valence-corrected chi connectivity index (χ0v) is 11.9. The van der Waals surface area contributed by atoms with E-state index >= 15 is 0 Å². The lowest BCUT2D eigenvalue weighted by Crippen LogP contribution is -2.23. The second kappa shape index (κ2) is 5.48. The molecule has 1 unspecified atom stereocenters. The summed E-state index contributed by atoms with van der Waals surface area (Å²) >= 11 is 0. The van der Waals surface area contributed by atoms with Crippen LogP contribution in [0.5, 0.6) is 0 Å². The molecule has 1 fully saturated rings. The molecule has 0 aliphatic carbocycles. The first-order chi connectivity index (χ1) is 8.67. The van der Waals surface area contributed by atoms with Gasteiger partial charge in [-0.3, -0.25) is 9.71 Å². The molecule has 1 aromatic carbocycles. The van der Waals surface area contributed by atoms with E-state index in [1.54, 1.807) is 18.2 Å². The second-order valence-electron chi connectivity index (χ2n) is 4.65. The molecule has 5 nitrogen and oxygen atoms in total. The molecule has 2 N–H and O–H groups in total. The molecule has 3 rings (SSSR count). The van der Waals surface area contributed by atoms with Gasteiger partial charge in [-0.2, -0.15) is 0 Å². The summed E-state index contributed by atoms with van der Waals surface area (Å²) < 4.78 is 26.2. The Kier molecular flexibility index (Phi) is 4.13. The largest absolute Gasteiger partial charge is 0.316 e. The highest BCUT2D eigenvalue weighted by Crippen LogP contribution is 2.22. The molecule has 19 heavy (non-hydrogen) atoms. The van der Waals surface area contributed by atoms with E-state index in [4.69, 9.17) is 0 Å². The number of rotatable bonds is 2. The minimum atomic E-state index is -3.40. The van der Waals surface area contributed by atoms with Gasteiger partial charge in [0.05, 0.1) is 4.90 Å². The maximum Gasteiger partial charge on any atom is 0.263 e. The normalized spacial score (nSPS) is 25.7. The number of aliphatic imine (C=N–C) groups is 1. The van der Waals surface area contributed by atoms with Crippen LogP contribution in [0.3, 0.4) is 0 Å². The standard InChI is InChI=1S/C12H15N3O2S.ClH/c16-18(17)11-4-2-1-3-10(11)12(15-18)14-8-9-5-6-13-7-9;/h1-4,9,13H,5-8H2,(H,14,15);1H. The highest BCUT2D eigenvalue weighted by Gasteiger charge is 2.30. The van der Waals surface area contributed by atoms with Crippen molar-refractivity contribution in [2.45, 2.75) is 11.3 Å². The maximum atomic E-state index is 11.9. The number of benzene rings is 1. The van der Waals surface area contributed by atoms with Crippen LogP contribution in [0.15, 0.2) is 34.2 Å². The topological polar surface area (TPSA) is 70.6 Å². The summed E-state index contributed by atoms with van der Waals surface area (Å²) in [5.74, 6) is 0.993. The SMILES string of the molecule is Cl.O=S1(=O)NC(=NCC2CCNC2)c2ccccc21. The van der Waals surface area contributed by atoms with Crippen molar-refractivity contribution in [3.63, 3.8) is 0 Å². The molecule has 2 aliphatic heterocycles. The fourth-order valence-corrected chi connectivity index (χ4v) is 3.59. The molecule has 0 saturated carbocycles. The summed E-state index contributed by atoms with van der Waals surface area (Å²) in [6.45, 7) is 2.65. The Labute approximate surface area is 119 Å². The van der Waals surface area contributed by atoms with Crippen molar-refractivity contribution in [2.24, 2.45) is 10.9 Å². The van der Waals surface area contributed by atoms with Crippen molar-refractivity contribution in [1.82, 2.24) is 10.0 Å². The molecule has 0 radical (unpaired) electrons. The molecule has 0 spiro atoms. The summed E-state index contributed by atoms with van der Waals surface area (Å²) in [6.07, 6.45) is 1.10. The minimum Gasteiger partial charge on any atom is -0.316 e. The third-order valence-electron chi connectivity index (χ3n) is 3.33. The van der Waals surface area contributed by atoms with Gasteiger partial charge >= 0.3 is 0 Å². The molecule has 0 amide bonds. The Hall–Kier alpha value is -1.11. The molecule has 104 valence electrons. The van der Waals surface area contributed by atoms with Crippen molar-refractivity contribution in [3.05, 3.63) is 29.8 Å². The Balaban J connectivity index is 0.00000133. The summed E-state index contributed by atoms with van der Waals surface area (Å²) in [4.78, 5) is 4.76. The minimum absolute atomic E-state index is 0. The number of halogens is 1. The van der Waals surface area contributed by atoms with Crippen molar-refractivity contribution in [1.29, 1.82) is 0 Å². The summed E-state index contributed by atoms with van der Waals surface area (Å²) in [5, 5.41) is 3.28. The molecule has 0 bridgehead atoms. The van der Waals surface area contributed by atoms with E-state index in [1.807, 2.05) is 6.07 Å². The van der Waals surface area contributed by atoms with Crippen molar-refractivity contribution < 1.29 is 8.42 Å². The Morgan fingerprint density at radius 3 is 2.84 bits per heavy atom. The molecule has 1 saturated heterocycles.